The van der Waals surface area contributed by atoms with E-state index in [1.165, 1.54) is 23.8 Å². The number of carbonyl (C=O) groups excluding carboxylic acids is 1. The lowest BCUT2D eigenvalue weighted by Crippen LogP contribution is -2.23. The minimum absolute atomic E-state index is 0.135. The minimum Gasteiger partial charge on any atom is -0.508 e. The summed E-state index contributed by atoms with van der Waals surface area (Å²) in [7, 11) is 0. The highest BCUT2D eigenvalue weighted by atomic mass is 16.3. The van der Waals surface area contributed by atoms with Crippen LogP contribution in [0.25, 0.3) is 0 Å². The molecule has 0 aliphatic heterocycles. The molecule has 2 rings (SSSR count). The predicted molar refractivity (Wildman–Crippen MR) is 76.8 cm³/mol. The number of nitrogens with one attached hydrogen (secondary N) is 1. The van der Waals surface area contributed by atoms with Crippen LogP contribution < -0.4 is 5.32 Å². The molecule has 0 aromatic heterocycles. The van der Waals surface area contributed by atoms with Gasteiger partial charge in [-0.25, -0.2) is 0 Å². The van der Waals surface area contributed by atoms with Gasteiger partial charge in [0.05, 0.1) is 0 Å². The molecule has 0 atom stereocenters. The molecule has 0 saturated heterocycles. The summed E-state index contributed by atoms with van der Waals surface area (Å²) in [5.74, 6) is -0.602. The van der Waals surface area contributed by atoms with Crippen LogP contribution in [-0.2, 0) is 13.0 Å². The molecule has 2 aromatic carbocycles. The van der Waals surface area contributed by atoms with Crippen LogP contribution in [0.3, 0.4) is 0 Å². The van der Waals surface area contributed by atoms with Crippen molar-refractivity contribution in [3.63, 3.8) is 0 Å². The van der Waals surface area contributed by atoms with Crippen molar-refractivity contribution >= 4 is 5.91 Å². The van der Waals surface area contributed by atoms with Crippen molar-refractivity contribution < 1.29 is 15.0 Å². The maximum atomic E-state index is 12.0. The van der Waals surface area contributed by atoms with Crippen LogP contribution in [0, 0.1) is 0 Å². The van der Waals surface area contributed by atoms with E-state index in [2.05, 4.69) is 12.2 Å². The largest absolute Gasteiger partial charge is 0.508 e. The Bertz CT molecular complexity index is 603. The molecule has 0 aliphatic rings. The van der Waals surface area contributed by atoms with E-state index in [9.17, 15) is 15.0 Å². The number of benzene rings is 2. The van der Waals surface area contributed by atoms with Crippen molar-refractivity contribution in [1.82, 2.24) is 5.32 Å². The molecule has 0 fully saturated rings. The molecule has 20 heavy (non-hydrogen) atoms. The van der Waals surface area contributed by atoms with E-state index in [1.54, 1.807) is 0 Å². The average molecular weight is 271 g/mol. The Morgan fingerprint density at radius 2 is 1.65 bits per heavy atom. The third-order valence-electron chi connectivity index (χ3n) is 3.10. The maximum absolute atomic E-state index is 12.0. The van der Waals surface area contributed by atoms with Crippen LogP contribution in [0.2, 0.25) is 0 Å². The zero-order valence-corrected chi connectivity index (χ0v) is 11.3. The van der Waals surface area contributed by atoms with Crippen LogP contribution in [-0.4, -0.2) is 16.1 Å². The highest BCUT2D eigenvalue weighted by molar-refractivity contribution is 5.95. The fraction of sp³-hybridized carbons (Fsp3) is 0.188. The highest BCUT2D eigenvalue weighted by Gasteiger charge is 2.09. The summed E-state index contributed by atoms with van der Waals surface area (Å²) in [5.41, 5.74) is 2.48. The van der Waals surface area contributed by atoms with Crippen LogP contribution >= 0.6 is 0 Å². The van der Waals surface area contributed by atoms with Crippen LogP contribution in [0.1, 0.15) is 28.4 Å². The lowest BCUT2D eigenvalue weighted by Gasteiger charge is -2.09. The lowest BCUT2D eigenvalue weighted by molar-refractivity contribution is 0.0950. The second-order valence-electron chi connectivity index (χ2n) is 4.54. The van der Waals surface area contributed by atoms with Crippen molar-refractivity contribution in [2.45, 2.75) is 19.9 Å². The van der Waals surface area contributed by atoms with E-state index in [0.29, 0.717) is 6.54 Å². The first-order valence-corrected chi connectivity index (χ1v) is 6.48. The lowest BCUT2D eigenvalue weighted by atomic mass is 10.1. The van der Waals surface area contributed by atoms with E-state index in [-0.39, 0.29) is 23.0 Å². The quantitative estimate of drug-likeness (QED) is 0.800. The number of hydrogen-bond acceptors (Lipinski definition) is 3. The zero-order valence-electron chi connectivity index (χ0n) is 11.3. The van der Waals surface area contributed by atoms with Gasteiger partial charge in [-0.2, -0.15) is 0 Å². The van der Waals surface area contributed by atoms with Crippen LogP contribution in [0.4, 0.5) is 0 Å². The molecule has 0 heterocycles. The number of amides is 1. The molecule has 0 radical (unpaired) electrons. The van der Waals surface area contributed by atoms with Crippen LogP contribution in [0.15, 0.2) is 42.5 Å². The summed E-state index contributed by atoms with van der Waals surface area (Å²) in [6, 6.07) is 11.7. The maximum Gasteiger partial charge on any atom is 0.251 e. The molecular formula is C16H17NO3. The molecule has 2 aromatic rings. The van der Waals surface area contributed by atoms with Gasteiger partial charge in [0.25, 0.3) is 5.91 Å². The first kappa shape index (κ1) is 13.9. The second-order valence-corrected chi connectivity index (χ2v) is 4.54. The third kappa shape index (κ3) is 3.29. The van der Waals surface area contributed by atoms with Gasteiger partial charge in [-0.15, -0.1) is 0 Å². The summed E-state index contributed by atoms with van der Waals surface area (Å²) in [6.07, 6.45) is 0.902. The average Bonchev–Trinajstić information content (AvgIpc) is 2.44. The van der Waals surface area contributed by atoms with E-state index in [1.807, 2.05) is 24.3 Å². The van der Waals surface area contributed by atoms with Gasteiger partial charge in [0.15, 0.2) is 0 Å². The van der Waals surface area contributed by atoms with Gasteiger partial charge in [-0.1, -0.05) is 31.2 Å². The Kier molecular flexibility index (Phi) is 4.25. The first-order valence-electron chi connectivity index (χ1n) is 6.48. The summed E-state index contributed by atoms with van der Waals surface area (Å²) < 4.78 is 0. The summed E-state index contributed by atoms with van der Waals surface area (Å²) >= 11 is 0. The van der Waals surface area contributed by atoms with E-state index < -0.39 is 0 Å². The molecule has 1 amide bonds. The van der Waals surface area contributed by atoms with Crippen molar-refractivity contribution in [3.8, 4) is 11.5 Å². The highest BCUT2D eigenvalue weighted by Crippen LogP contribution is 2.20. The minimum atomic E-state index is -0.331. The van der Waals surface area contributed by atoms with Gasteiger partial charge in [0.2, 0.25) is 0 Å². The smallest absolute Gasteiger partial charge is 0.251 e. The summed E-state index contributed by atoms with van der Waals surface area (Å²) in [4.78, 5) is 12.0. The number of rotatable bonds is 4. The van der Waals surface area contributed by atoms with Gasteiger partial charge in [0, 0.05) is 18.2 Å². The predicted octanol–water partition coefficient (Wildman–Crippen LogP) is 2.59. The Balaban J connectivity index is 2.08. The van der Waals surface area contributed by atoms with Gasteiger partial charge < -0.3 is 15.5 Å². The Labute approximate surface area is 117 Å². The fourth-order valence-electron chi connectivity index (χ4n) is 2.08. The normalized spacial score (nSPS) is 10.2. The van der Waals surface area contributed by atoms with Gasteiger partial charge in [-0.3, -0.25) is 4.79 Å². The molecule has 0 saturated carbocycles. The number of hydrogen-bond donors (Lipinski definition) is 3. The molecule has 104 valence electrons. The molecule has 0 bridgehead atoms. The first-order chi connectivity index (χ1) is 9.60. The molecule has 3 N–H and O–H groups in total. The van der Waals surface area contributed by atoms with Crippen molar-refractivity contribution in [3.05, 3.63) is 59.2 Å². The number of aromatic hydroxyl groups is 2. The molecule has 0 aliphatic carbocycles. The fourth-order valence-corrected chi connectivity index (χ4v) is 2.08. The number of phenols is 2. The Morgan fingerprint density at radius 1 is 1.05 bits per heavy atom. The SMILES string of the molecule is CCc1ccccc1CNC(=O)c1cc(O)cc(O)c1. The molecular weight excluding hydrogens is 254 g/mol. The van der Waals surface area contributed by atoms with E-state index in [4.69, 9.17) is 0 Å². The van der Waals surface area contributed by atoms with Gasteiger partial charge in [0.1, 0.15) is 11.5 Å². The number of aryl methyl sites for hydroxylation is 1. The van der Waals surface area contributed by atoms with Crippen LogP contribution in [0.5, 0.6) is 11.5 Å². The number of phenolic OH excluding ortho intramolecular Hbond substituents is 2. The van der Waals surface area contributed by atoms with Crippen molar-refractivity contribution in [2.75, 3.05) is 0 Å². The van der Waals surface area contributed by atoms with E-state index >= 15 is 0 Å². The molecule has 0 unspecified atom stereocenters. The molecule has 4 nitrogen and oxygen atoms in total. The Morgan fingerprint density at radius 3 is 2.25 bits per heavy atom. The van der Waals surface area contributed by atoms with Crippen molar-refractivity contribution in [2.24, 2.45) is 0 Å². The topological polar surface area (TPSA) is 69.6 Å². The summed E-state index contributed by atoms with van der Waals surface area (Å²) in [6.45, 7) is 2.48. The third-order valence-corrected chi connectivity index (χ3v) is 3.10. The molecule has 4 heteroatoms. The zero-order chi connectivity index (χ0) is 14.5. The standard InChI is InChI=1S/C16H17NO3/c1-2-11-5-3-4-6-12(11)10-17-16(20)13-7-14(18)9-15(19)8-13/h3-9,18-19H,2,10H2,1H3,(H,17,20). The van der Waals surface area contributed by atoms with Gasteiger partial charge in [-0.05, 0) is 29.7 Å². The van der Waals surface area contributed by atoms with Gasteiger partial charge >= 0.3 is 0 Å². The second kappa shape index (κ2) is 6.10. The molecule has 0 spiro atoms. The number of carbonyl (C=O) groups is 1. The van der Waals surface area contributed by atoms with E-state index in [0.717, 1.165) is 12.0 Å². The monoisotopic (exact) mass is 271 g/mol. The Hall–Kier alpha value is -2.49. The van der Waals surface area contributed by atoms with Crippen molar-refractivity contribution in [1.29, 1.82) is 0 Å². The summed E-state index contributed by atoms with van der Waals surface area (Å²) in [5, 5.41) is 21.5.